The lowest BCUT2D eigenvalue weighted by molar-refractivity contribution is -0.255. The first-order chi connectivity index (χ1) is 12.6. The molecule has 134 valence electrons. The number of rotatable bonds is 8. The molecule has 0 amide bonds. The summed E-state index contributed by atoms with van der Waals surface area (Å²) in [6.45, 7) is 0.167. The van der Waals surface area contributed by atoms with Crippen molar-refractivity contribution < 1.29 is 23.8 Å². The average molecular weight is 371 g/mol. The third-order valence-corrected chi connectivity index (χ3v) is 4.31. The molecule has 0 radical (unpaired) electrons. The van der Waals surface area contributed by atoms with Crippen LogP contribution in [0.15, 0.2) is 58.2 Å². The van der Waals surface area contributed by atoms with E-state index in [9.17, 15) is 9.90 Å². The highest BCUT2D eigenvalue weighted by atomic mass is 32.2. The fourth-order valence-electron chi connectivity index (χ4n) is 2.05. The Labute approximate surface area is 154 Å². The van der Waals surface area contributed by atoms with Crippen LogP contribution >= 0.6 is 11.8 Å². The van der Waals surface area contributed by atoms with E-state index in [1.165, 1.54) is 23.9 Å². The zero-order valence-corrected chi connectivity index (χ0v) is 14.7. The lowest BCUT2D eigenvalue weighted by atomic mass is 10.1. The molecule has 0 atom stereocenters. The number of hydrogen-bond donors (Lipinski definition) is 0. The minimum atomic E-state index is -1.19. The number of carboxylic acid groups (broad SMARTS) is 1. The highest BCUT2D eigenvalue weighted by Crippen LogP contribution is 2.23. The van der Waals surface area contributed by atoms with E-state index in [1.807, 2.05) is 0 Å². The van der Waals surface area contributed by atoms with E-state index >= 15 is 0 Å². The van der Waals surface area contributed by atoms with E-state index in [4.69, 9.17) is 13.9 Å². The van der Waals surface area contributed by atoms with Gasteiger partial charge in [-0.3, -0.25) is 0 Å². The summed E-state index contributed by atoms with van der Waals surface area (Å²) >= 11 is 1.36. The van der Waals surface area contributed by atoms with Crippen LogP contribution in [0.4, 0.5) is 0 Å². The van der Waals surface area contributed by atoms with Gasteiger partial charge >= 0.3 is 0 Å². The van der Waals surface area contributed by atoms with Gasteiger partial charge in [-0.05, 0) is 35.4 Å². The molecule has 1 aromatic heterocycles. The molecule has 8 heteroatoms. The molecule has 0 fully saturated rings. The van der Waals surface area contributed by atoms with Gasteiger partial charge in [-0.25, -0.2) is 0 Å². The normalized spacial score (nSPS) is 10.5. The Hall–Kier alpha value is -3.00. The highest BCUT2D eigenvalue weighted by Gasteiger charge is 2.08. The maximum Gasteiger partial charge on any atom is 0.277 e. The number of thioether (sulfide) groups is 1. The Balaban J connectivity index is 1.50. The number of hydrogen-bond acceptors (Lipinski definition) is 8. The largest absolute Gasteiger partial charge is 0.545 e. The fourth-order valence-corrected chi connectivity index (χ4v) is 2.79. The molecule has 0 bridgehead atoms. The molecule has 0 saturated heterocycles. The quantitative estimate of drug-likeness (QED) is 0.557. The van der Waals surface area contributed by atoms with Crippen molar-refractivity contribution in [3.8, 4) is 11.5 Å². The fraction of sp³-hybridized carbons (Fsp3) is 0.167. The van der Waals surface area contributed by atoms with Gasteiger partial charge in [0, 0.05) is 5.75 Å². The van der Waals surface area contributed by atoms with Gasteiger partial charge in [0.2, 0.25) is 0 Å². The van der Waals surface area contributed by atoms with Gasteiger partial charge in [0.25, 0.3) is 11.1 Å². The molecule has 7 nitrogen and oxygen atoms in total. The van der Waals surface area contributed by atoms with Crippen LogP contribution in [-0.2, 0) is 12.4 Å². The topological polar surface area (TPSA) is 97.5 Å². The van der Waals surface area contributed by atoms with Crippen LogP contribution in [-0.4, -0.2) is 23.3 Å². The predicted molar refractivity (Wildman–Crippen MR) is 92.0 cm³/mol. The average Bonchev–Trinajstić information content (AvgIpc) is 3.13. The first kappa shape index (κ1) is 17.8. The first-order valence-corrected chi connectivity index (χ1v) is 8.65. The number of methoxy groups -OCH3 is 1. The van der Waals surface area contributed by atoms with Crippen molar-refractivity contribution in [3.63, 3.8) is 0 Å². The van der Waals surface area contributed by atoms with E-state index in [0.29, 0.717) is 22.6 Å². The zero-order valence-electron chi connectivity index (χ0n) is 13.9. The third-order valence-electron chi connectivity index (χ3n) is 3.42. The maximum atomic E-state index is 10.7. The molecule has 0 aliphatic carbocycles. The standard InChI is InChI=1S/C18H16N2O5S/c1-23-14-6-8-15(9-7-14)24-10-16-19-20-18(25-16)26-11-12-2-4-13(5-3-12)17(21)22/h2-9H,10-11H2,1H3,(H,21,22)/p-1. The second kappa shape index (κ2) is 8.39. The van der Waals surface area contributed by atoms with Crippen molar-refractivity contribution >= 4 is 17.7 Å². The smallest absolute Gasteiger partial charge is 0.277 e. The van der Waals surface area contributed by atoms with E-state index in [0.717, 1.165) is 11.3 Å². The Morgan fingerprint density at radius 2 is 1.77 bits per heavy atom. The summed E-state index contributed by atoms with van der Waals surface area (Å²) < 4.78 is 16.2. The summed E-state index contributed by atoms with van der Waals surface area (Å²) in [5.74, 6) is 1.18. The van der Waals surface area contributed by atoms with Gasteiger partial charge in [-0.2, -0.15) is 0 Å². The molecule has 0 spiro atoms. The van der Waals surface area contributed by atoms with Crippen molar-refractivity contribution in [2.45, 2.75) is 17.6 Å². The number of benzene rings is 2. The minimum Gasteiger partial charge on any atom is -0.545 e. The molecule has 1 heterocycles. The number of carbonyl (C=O) groups excluding carboxylic acids is 1. The van der Waals surface area contributed by atoms with Crippen LogP contribution in [0.25, 0.3) is 0 Å². The van der Waals surface area contributed by atoms with Crippen LogP contribution in [0.1, 0.15) is 21.8 Å². The lowest BCUT2D eigenvalue weighted by Gasteiger charge is -2.04. The molecule has 2 aromatic carbocycles. The van der Waals surface area contributed by atoms with Crippen molar-refractivity contribution in [1.29, 1.82) is 0 Å². The van der Waals surface area contributed by atoms with Crippen LogP contribution in [0.5, 0.6) is 11.5 Å². The summed E-state index contributed by atoms with van der Waals surface area (Å²) in [6, 6.07) is 13.7. The molecule has 26 heavy (non-hydrogen) atoms. The van der Waals surface area contributed by atoms with Crippen LogP contribution in [0, 0.1) is 0 Å². The monoisotopic (exact) mass is 371 g/mol. The van der Waals surface area contributed by atoms with Crippen LogP contribution < -0.4 is 14.6 Å². The Kier molecular flexibility index (Phi) is 5.75. The van der Waals surface area contributed by atoms with Crippen molar-refractivity contribution in [2.24, 2.45) is 0 Å². The molecule has 3 aromatic rings. The molecule has 0 aliphatic heterocycles. The second-order valence-electron chi connectivity index (χ2n) is 5.20. The summed E-state index contributed by atoms with van der Waals surface area (Å²) in [4.78, 5) is 10.7. The predicted octanol–water partition coefficient (Wildman–Crippen LogP) is 2.31. The van der Waals surface area contributed by atoms with Gasteiger partial charge in [-0.1, -0.05) is 36.0 Å². The van der Waals surface area contributed by atoms with Crippen molar-refractivity contribution in [2.75, 3.05) is 7.11 Å². The zero-order chi connectivity index (χ0) is 18.4. The van der Waals surface area contributed by atoms with Crippen LogP contribution in [0.3, 0.4) is 0 Å². The first-order valence-electron chi connectivity index (χ1n) is 7.66. The number of aromatic nitrogens is 2. The molecule has 3 rings (SSSR count). The summed E-state index contributed by atoms with van der Waals surface area (Å²) in [6.07, 6.45) is 0. The molecule has 0 saturated carbocycles. The number of carbonyl (C=O) groups is 1. The second-order valence-corrected chi connectivity index (χ2v) is 6.13. The van der Waals surface area contributed by atoms with E-state index < -0.39 is 5.97 Å². The minimum absolute atomic E-state index is 0.148. The Morgan fingerprint density at radius 3 is 2.42 bits per heavy atom. The summed E-state index contributed by atoms with van der Waals surface area (Å²) in [5.41, 5.74) is 1.09. The summed E-state index contributed by atoms with van der Waals surface area (Å²) in [5, 5.41) is 19.0. The van der Waals surface area contributed by atoms with Crippen molar-refractivity contribution in [1.82, 2.24) is 10.2 Å². The molecular formula is C18H15N2O5S-. The van der Waals surface area contributed by atoms with E-state index in [2.05, 4.69) is 10.2 Å². The summed E-state index contributed by atoms with van der Waals surface area (Å²) in [7, 11) is 1.60. The number of carboxylic acids is 1. The number of ether oxygens (including phenoxy) is 2. The number of aromatic carboxylic acids is 1. The van der Waals surface area contributed by atoms with Gasteiger partial charge < -0.3 is 23.8 Å². The molecular weight excluding hydrogens is 356 g/mol. The molecule has 0 aliphatic rings. The van der Waals surface area contributed by atoms with Gasteiger partial charge in [0.05, 0.1) is 13.1 Å². The van der Waals surface area contributed by atoms with Crippen molar-refractivity contribution in [3.05, 3.63) is 65.5 Å². The van der Waals surface area contributed by atoms with Gasteiger partial charge in [0.1, 0.15) is 11.5 Å². The molecule has 0 N–H and O–H groups in total. The van der Waals surface area contributed by atoms with Gasteiger partial charge in [0.15, 0.2) is 6.61 Å². The SMILES string of the molecule is COc1ccc(OCc2nnc(SCc3ccc(C(=O)[O-])cc3)o2)cc1. The van der Waals surface area contributed by atoms with Crippen LogP contribution in [0.2, 0.25) is 0 Å². The Morgan fingerprint density at radius 1 is 1.08 bits per heavy atom. The molecule has 0 unspecified atom stereocenters. The van der Waals surface area contributed by atoms with E-state index in [1.54, 1.807) is 43.5 Å². The highest BCUT2D eigenvalue weighted by molar-refractivity contribution is 7.98. The number of nitrogens with zero attached hydrogens (tertiary/aromatic N) is 2. The lowest BCUT2D eigenvalue weighted by Crippen LogP contribution is -2.21. The van der Waals surface area contributed by atoms with Gasteiger partial charge in [-0.15, -0.1) is 10.2 Å². The maximum absolute atomic E-state index is 10.7. The Bertz CT molecular complexity index is 862. The third kappa shape index (κ3) is 4.76. The van der Waals surface area contributed by atoms with E-state index in [-0.39, 0.29) is 12.2 Å².